The number of aliphatic hydroxyl groups is 1. The van der Waals surface area contributed by atoms with Crippen molar-refractivity contribution in [3.05, 3.63) is 70.8 Å². The normalized spacial score (nSPS) is 17.9. The average Bonchev–Trinajstić information content (AvgIpc) is 3.03. The van der Waals surface area contributed by atoms with E-state index in [2.05, 4.69) is 6.92 Å². The largest absolute Gasteiger partial charge is 0.507 e. The highest BCUT2D eigenvalue weighted by atomic mass is 16.5. The van der Waals surface area contributed by atoms with Gasteiger partial charge in [0.15, 0.2) is 0 Å². The zero-order valence-electron chi connectivity index (χ0n) is 20.0. The van der Waals surface area contributed by atoms with Gasteiger partial charge in [0.05, 0.1) is 30.4 Å². The second kappa shape index (κ2) is 10.7. The number of carbonyl (C=O) groups excluding carboxylic acids is 2. The van der Waals surface area contributed by atoms with Crippen LogP contribution >= 0.6 is 0 Å². The quantitative estimate of drug-likeness (QED) is 0.334. The zero-order valence-corrected chi connectivity index (χ0v) is 20.0. The minimum atomic E-state index is -0.691. The Balaban J connectivity index is 2.03. The lowest BCUT2D eigenvalue weighted by atomic mass is 9.94. The lowest BCUT2D eigenvalue weighted by Gasteiger charge is -2.26. The van der Waals surface area contributed by atoms with Crippen LogP contribution in [0.3, 0.4) is 0 Å². The molecule has 1 N–H and O–H groups in total. The number of aliphatic hydroxyl groups excluding tert-OH is 1. The van der Waals surface area contributed by atoms with Crippen LogP contribution in [0.5, 0.6) is 5.75 Å². The van der Waals surface area contributed by atoms with Gasteiger partial charge in [-0.05, 0) is 69.5 Å². The molecule has 0 bridgehead atoms. The molecule has 1 fully saturated rings. The van der Waals surface area contributed by atoms with Crippen molar-refractivity contribution < 1.29 is 24.2 Å². The molecule has 1 atom stereocenters. The van der Waals surface area contributed by atoms with E-state index in [-0.39, 0.29) is 30.1 Å². The van der Waals surface area contributed by atoms with Gasteiger partial charge in [0.1, 0.15) is 11.5 Å². The SMILES string of the molecule is CCc1ccc(C2/C(=C(/O)c3ccc(OC(C)C)cc3)C(=O)C(=O)N2CCOC(C)C)cc1. The molecule has 0 aliphatic carbocycles. The predicted octanol–water partition coefficient (Wildman–Crippen LogP) is 4.88. The molecule has 176 valence electrons. The highest BCUT2D eigenvalue weighted by molar-refractivity contribution is 6.46. The van der Waals surface area contributed by atoms with E-state index in [9.17, 15) is 14.7 Å². The van der Waals surface area contributed by atoms with Crippen LogP contribution in [0.4, 0.5) is 0 Å². The van der Waals surface area contributed by atoms with Crippen molar-refractivity contribution in [3.8, 4) is 5.75 Å². The summed E-state index contributed by atoms with van der Waals surface area (Å²) in [6, 6.07) is 14.0. The summed E-state index contributed by atoms with van der Waals surface area (Å²) >= 11 is 0. The van der Waals surface area contributed by atoms with Gasteiger partial charge in [-0.2, -0.15) is 0 Å². The van der Waals surface area contributed by atoms with Gasteiger partial charge >= 0.3 is 0 Å². The summed E-state index contributed by atoms with van der Waals surface area (Å²) in [7, 11) is 0. The number of aryl methyl sites for hydroxylation is 1. The van der Waals surface area contributed by atoms with E-state index in [1.807, 2.05) is 52.0 Å². The summed E-state index contributed by atoms with van der Waals surface area (Å²) in [5, 5.41) is 11.2. The Hall–Kier alpha value is -3.12. The topological polar surface area (TPSA) is 76.1 Å². The van der Waals surface area contributed by atoms with Gasteiger partial charge in [0.2, 0.25) is 0 Å². The molecule has 0 radical (unpaired) electrons. The van der Waals surface area contributed by atoms with Crippen molar-refractivity contribution in [1.29, 1.82) is 0 Å². The Morgan fingerprint density at radius 2 is 1.61 bits per heavy atom. The highest BCUT2D eigenvalue weighted by Crippen LogP contribution is 2.39. The van der Waals surface area contributed by atoms with Gasteiger partial charge in [-0.1, -0.05) is 31.2 Å². The molecular formula is C27H33NO5. The van der Waals surface area contributed by atoms with E-state index in [1.165, 1.54) is 4.90 Å². The number of ether oxygens (including phenoxy) is 2. The third kappa shape index (κ3) is 5.63. The van der Waals surface area contributed by atoms with E-state index in [0.29, 0.717) is 17.9 Å². The molecule has 1 aliphatic heterocycles. The van der Waals surface area contributed by atoms with E-state index >= 15 is 0 Å². The van der Waals surface area contributed by atoms with Crippen molar-refractivity contribution in [2.45, 2.75) is 59.3 Å². The molecule has 33 heavy (non-hydrogen) atoms. The number of rotatable bonds is 9. The first-order chi connectivity index (χ1) is 15.7. The number of nitrogens with zero attached hydrogens (tertiary/aromatic N) is 1. The lowest BCUT2D eigenvalue weighted by Crippen LogP contribution is -2.33. The fourth-order valence-corrected chi connectivity index (χ4v) is 3.90. The van der Waals surface area contributed by atoms with Gasteiger partial charge in [-0.3, -0.25) is 9.59 Å². The Labute approximate surface area is 195 Å². The van der Waals surface area contributed by atoms with Gasteiger partial charge in [-0.15, -0.1) is 0 Å². The maximum absolute atomic E-state index is 13.1. The first kappa shape index (κ1) is 24.5. The molecule has 1 amide bonds. The maximum atomic E-state index is 13.1. The number of Topliss-reactive ketones (excluding diaryl/α,β-unsaturated/α-hetero) is 1. The van der Waals surface area contributed by atoms with Gasteiger partial charge in [0, 0.05) is 12.1 Å². The minimum Gasteiger partial charge on any atom is -0.507 e. The van der Waals surface area contributed by atoms with E-state index in [0.717, 1.165) is 17.5 Å². The Bertz CT molecular complexity index is 1010. The molecular weight excluding hydrogens is 418 g/mol. The van der Waals surface area contributed by atoms with Crippen molar-refractivity contribution in [1.82, 2.24) is 4.90 Å². The monoisotopic (exact) mass is 451 g/mol. The van der Waals surface area contributed by atoms with Crippen LogP contribution in [-0.4, -0.2) is 47.1 Å². The molecule has 0 spiro atoms. The summed E-state index contributed by atoms with van der Waals surface area (Å²) in [6.07, 6.45) is 0.914. The first-order valence-corrected chi connectivity index (χ1v) is 11.5. The third-order valence-electron chi connectivity index (χ3n) is 5.53. The number of hydrogen-bond donors (Lipinski definition) is 1. The van der Waals surface area contributed by atoms with Crippen LogP contribution in [0.1, 0.15) is 57.4 Å². The standard InChI is InChI=1S/C27H33NO5/c1-6-19-7-9-20(10-8-19)24-23(26(30)27(31)28(24)15-16-32-17(2)3)25(29)21-11-13-22(14-12-21)33-18(4)5/h7-14,17-18,24,29H,6,15-16H2,1-5H3/b25-23-. The van der Waals surface area contributed by atoms with Gasteiger partial charge in [-0.25, -0.2) is 0 Å². The van der Waals surface area contributed by atoms with E-state index in [4.69, 9.17) is 9.47 Å². The molecule has 6 heteroatoms. The molecule has 2 aromatic carbocycles. The number of ketones is 1. The summed E-state index contributed by atoms with van der Waals surface area (Å²) in [5.41, 5.74) is 2.47. The molecule has 1 aliphatic rings. The Kier molecular flexibility index (Phi) is 7.92. The van der Waals surface area contributed by atoms with Crippen molar-refractivity contribution in [2.75, 3.05) is 13.2 Å². The van der Waals surface area contributed by atoms with Crippen LogP contribution in [-0.2, 0) is 20.7 Å². The lowest BCUT2D eigenvalue weighted by molar-refractivity contribution is -0.140. The van der Waals surface area contributed by atoms with Crippen LogP contribution in [0.15, 0.2) is 54.1 Å². The minimum absolute atomic E-state index is 0.00989. The number of carbonyl (C=O) groups is 2. The molecule has 1 unspecified atom stereocenters. The average molecular weight is 452 g/mol. The summed E-state index contributed by atoms with van der Waals surface area (Å²) in [6.45, 7) is 10.3. The fourth-order valence-electron chi connectivity index (χ4n) is 3.90. The van der Waals surface area contributed by atoms with Crippen molar-refractivity contribution in [3.63, 3.8) is 0 Å². The molecule has 0 saturated carbocycles. The van der Waals surface area contributed by atoms with Crippen LogP contribution in [0.2, 0.25) is 0 Å². The third-order valence-corrected chi connectivity index (χ3v) is 5.53. The molecule has 3 rings (SSSR count). The highest BCUT2D eigenvalue weighted by Gasteiger charge is 2.45. The summed E-state index contributed by atoms with van der Waals surface area (Å²) in [4.78, 5) is 27.5. The molecule has 1 heterocycles. The number of amides is 1. The fraction of sp³-hybridized carbons (Fsp3) is 0.407. The van der Waals surface area contributed by atoms with Crippen LogP contribution in [0, 0.1) is 0 Å². The molecule has 2 aromatic rings. The van der Waals surface area contributed by atoms with Gasteiger partial charge < -0.3 is 19.5 Å². The smallest absolute Gasteiger partial charge is 0.295 e. The van der Waals surface area contributed by atoms with E-state index < -0.39 is 17.7 Å². The summed E-state index contributed by atoms with van der Waals surface area (Å²) < 4.78 is 11.3. The van der Waals surface area contributed by atoms with Gasteiger partial charge in [0.25, 0.3) is 11.7 Å². The van der Waals surface area contributed by atoms with E-state index in [1.54, 1.807) is 24.3 Å². The number of hydrogen-bond acceptors (Lipinski definition) is 5. The van der Waals surface area contributed by atoms with Crippen molar-refractivity contribution >= 4 is 17.4 Å². The maximum Gasteiger partial charge on any atom is 0.295 e. The number of benzene rings is 2. The Morgan fingerprint density at radius 3 is 2.15 bits per heavy atom. The predicted molar refractivity (Wildman–Crippen MR) is 128 cm³/mol. The van der Waals surface area contributed by atoms with Crippen LogP contribution < -0.4 is 4.74 Å². The second-order valence-corrected chi connectivity index (χ2v) is 8.70. The second-order valence-electron chi connectivity index (χ2n) is 8.70. The number of likely N-dealkylation sites (tertiary alicyclic amines) is 1. The zero-order chi connectivity index (χ0) is 24.1. The van der Waals surface area contributed by atoms with Crippen LogP contribution in [0.25, 0.3) is 5.76 Å². The Morgan fingerprint density at radius 1 is 0.970 bits per heavy atom. The molecule has 6 nitrogen and oxygen atoms in total. The van der Waals surface area contributed by atoms with Crippen molar-refractivity contribution in [2.24, 2.45) is 0 Å². The molecule has 1 saturated heterocycles. The molecule has 0 aromatic heterocycles. The summed E-state index contributed by atoms with van der Waals surface area (Å²) in [5.74, 6) is -0.849. The first-order valence-electron chi connectivity index (χ1n) is 11.5.